The number of nitrogens with zero attached hydrogens (tertiary/aromatic N) is 4. The van der Waals surface area contributed by atoms with Crippen molar-refractivity contribution in [1.82, 2.24) is 15.0 Å². The van der Waals surface area contributed by atoms with Gasteiger partial charge in [0.25, 0.3) is 5.95 Å². The van der Waals surface area contributed by atoms with Crippen LogP contribution in [0.2, 0.25) is 0 Å². The molecule has 1 spiro atoms. The van der Waals surface area contributed by atoms with Gasteiger partial charge in [-0.2, -0.15) is 4.98 Å². The second-order valence-electron chi connectivity index (χ2n) is 6.38. The number of anilines is 1. The average Bonchev–Trinajstić information content (AvgIpc) is 3.08. The lowest BCUT2D eigenvalue weighted by Crippen LogP contribution is -2.56. The van der Waals surface area contributed by atoms with Crippen LogP contribution in [0.15, 0.2) is 4.52 Å². The van der Waals surface area contributed by atoms with Crippen LogP contribution in [0, 0.1) is 5.92 Å². The first kappa shape index (κ1) is 15.8. The summed E-state index contributed by atoms with van der Waals surface area (Å²) in [4.78, 5) is 31.6. The first-order chi connectivity index (χ1) is 11.0. The largest absolute Gasteiger partial charge is 0.481 e. The molecule has 1 atom stereocenters. The number of carbonyl (C=O) groups excluding carboxylic acids is 1. The minimum absolute atomic E-state index is 0.0874. The molecule has 0 unspecified atom stereocenters. The molecule has 0 saturated carbocycles. The first-order valence-electron chi connectivity index (χ1n) is 8.05. The standard InChI is InChI=1S/C15H22N4O4/c1-3-4-11-16-14(17-23-11)19-7-5-15(6-8-19)10(13(21)22)9-12(20)18(15)2/h10H,3-9H2,1-2H3,(H,21,22)/t10-/m0/s1. The Hall–Kier alpha value is -2.12. The van der Waals surface area contributed by atoms with Gasteiger partial charge in [-0.15, -0.1) is 0 Å². The molecule has 2 aliphatic heterocycles. The Kier molecular flexibility index (Phi) is 3.99. The second kappa shape index (κ2) is 5.82. The van der Waals surface area contributed by atoms with Crippen molar-refractivity contribution in [1.29, 1.82) is 0 Å². The minimum Gasteiger partial charge on any atom is -0.481 e. The summed E-state index contributed by atoms with van der Waals surface area (Å²) in [6, 6.07) is 0. The third-order valence-electron chi connectivity index (χ3n) is 5.20. The van der Waals surface area contributed by atoms with E-state index < -0.39 is 17.4 Å². The molecule has 3 rings (SSSR count). The summed E-state index contributed by atoms with van der Waals surface area (Å²) < 4.78 is 5.21. The molecule has 23 heavy (non-hydrogen) atoms. The lowest BCUT2D eigenvalue weighted by Gasteiger charge is -2.45. The van der Waals surface area contributed by atoms with Gasteiger partial charge in [0.1, 0.15) is 0 Å². The molecule has 0 aromatic carbocycles. The second-order valence-corrected chi connectivity index (χ2v) is 6.38. The van der Waals surface area contributed by atoms with Crippen LogP contribution in [0.5, 0.6) is 0 Å². The maximum Gasteiger partial charge on any atom is 0.309 e. The molecule has 0 radical (unpaired) electrons. The van der Waals surface area contributed by atoms with Crippen LogP contribution in [-0.2, 0) is 16.0 Å². The van der Waals surface area contributed by atoms with E-state index in [-0.39, 0.29) is 12.3 Å². The van der Waals surface area contributed by atoms with Crippen molar-refractivity contribution in [3.8, 4) is 0 Å². The summed E-state index contributed by atoms with van der Waals surface area (Å²) in [6.45, 7) is 3.28. The number of carboxylic acid groups (broad SMARTS) is 1. The monoisotopic (exact) mass is 322 g/mol. The van der Waals surface area contributed by atoms with E-state index in [1.54, 1.807) is 11.9 Å². The fourth-order valence-electron chi connectivity index (χ4n) is 3.77. The van der Waals surface area contributed by atoms with Gasteiger partial charge in [0.2, 0.25) is 11.8 Å². The van der Waals surface area contributed by atoms with Crippen LogP contribution in [0.25, 0.3) is 0 Å². The van der Waals surface area contributed by atoms with Crippen molar-refractivity contribution in [3.63, 3.8) is 0 Å². The maximum atomic E-state index is 12.0. The Morgan fingerprint density at radius 2 is 2.13 bits per heavy atom. The highest BCUT2D eigenvalue weighted by Gasteiger charge is 2.55. The van der Waals surface area contributed by atoms with Gasteiger partial charge < -0.3 is 19.4 Å². The van der Waals surface area contributed by atoms with Gasteiger partial charge in [-0.3, -0.25) is 9.59 Å². The summed E-state index contributed by atoms with van der Waals surface area (Å²) in [5.41, 5.74) is -0.588. The fraction of sp³-hybridized carbons (Fsp3) is 0.733. The third kappa shape index (κ3) is 2.55. The van der Waals surface area contributed by atoms with Gasteiger partial charge in [-0.1, -0.05) is 6.92 Å². The van der Waals surface area contributed by atoms with E-state index in [9.17, 15) is 14.7 Å². The lowest BCUT2D eigenvalue weighted by atomic mass is 9.77. The number of carbonyl (C=O) groups is 2. The van der Waals surface area contributed by atoms with Gasteiger partial charge in [0.15, 0.2) is 0 Å². The summed E-state index contributed by atoms with van der Waals surface area (Å²) in [5.74, 6) is -0.429. The van der Waals surface area contributed by atoms with Crippen LogP contribution in [0.1, 0.15) is 38.5 Å². The maximum absolute atomic E-state index is 12.0. The molecule has 1 aromatic heterocycles. The number of aryl methyl sites for hydroxylation is 1. The van der Waals surface area contributed by atoms with Gasteiger partial charge in [-0.25, -0.2) is 0 Å². The van der Waals surface area contributed by atoms with Crippen LogP contribution < -0.4 is 4.90 Å². The third-order valence-corrected chi connectivity index (χ3v) is 5.20. The van der Waals surface area contributed by atoms with Crippen LogP contribution in [0.3, 0.4) is 0 Å². The minimum atomic E-state index is -0.888. The van der Waals surface area contributed by atoms with E-state index in [2.05, 4.69) is 10.1 Å². The topological polar surface area (TPSA) is 99.8 Å². The number of likely N-dealkylation sites (tertiary alicyclic amines) is 1. The summed E-state index contributed by atoms with van der Waals surface area (Å²) in [6.07, 6.45) is 2.99. The lowest BCUT2D eigenvalue weighted by molar-refractivity contribution is -0.145. The van der Waals surface area contributed by atoms with Crippen molar-refractivity contribution >= 4 is 17.8 Å². The fourth-order valence-corrected chi connectivity index (χ4v) is 3.77. The quantitative estimate of drug-likeness (QED) is 0.880. The molecule has 1 aromatic rings. The van der Waals surface area contributed by atoms with E-state index in [0.717, 1.165) is 12.8 Å². The molecule has 1 N–H and O–H groups in total. The Bertz CT molecular complexity index is 606. The Balaban J connectivity index is 1.73. The molecule has 0 bridgehead atoms. The van der Waals surface area contributed by atoms with Crippen molar-refractivity contribution in [3.05, 3.63) is 5.89 Å². The molecule has 0 aliphatic carbocycles. The zero-order valence-corrected chi connectivity index (χ0v) is 13.5. The Labute approximate surface area is 134 Å². The van der Waals surface area contributed by atoms with E-state index in [1.165, 1.54) is 0 Å². The molecule has 2 fully saturated rings. The van der Waals surface area contributed by atoms with Gasteiger partial charge in [0, 0.05) is 33.0 Å². The van der Waals surface area contributed by atoms with Crippen molar-refractivity contribution in [2.24, 2.45) is 5.92 Å². The number of hydrogen-bond donors (Lipinski definition) is 1. The number of amides is 1. The molecule has 2 saturated heterocycles. The van der Waals surface area contributed by atoms with Gasteiger partial charge in [0.05, 0.1) is 11.5 Å². The number of hydrogen-bond acceptors (Lipinski definition) is 6. The van der Waals surface area contributed by atoms with Crippen LogP contribution in [0.4, 0.5) is 5.95 Å². The van der Waals surface area contributed by atoms with E-state index in [1.807, 2.05) is 11.8 Å². The molecule has 8 nitrogen and oxygen atoms in total. The zero-order chi connectivity index (χ0) is 16.6. The van der Waals surface area contributed by atoms with Crippen LogP contribution >= 0.6 is 0 Å². The predicted molar refractivity (Wildman–Crippen MR) is 81.0 cm³/mol. The zero-order valence-electron chi connectivity index (χ0n) is 13.5. The van der Waals surface area contributed by atoms with E-state index >= 15 is 0 Å². The van der Waals surface area contributed by atoms with Gasteiger partial charge in [-0.05, 0) is 24.4 Å². The highest BCUT2D eigenvalue weighted by molar-refractivity contribution is 5.88. The summed E-state index contributed by atoms with van der Waals surface area (Å²) in [7, 11) is 1.72. The molecular formula is C15H22N4O4. The highest BCUT2D eigenvalue weighted by atomic mass is 16.5. The highest BCUT2D eigenvalue weighted by Crippen LogP contribution is 2.43. The van der Waals surface area contributed by atoms with Crippen molar-refractivity contribution in [2.45, 2.75) is 44.6 Å². The number of rotatable bonds is 4. The number of aliphatic carboxylic acids is 1. The van der Waals surface area contributed by atoms with E-state index in [0.29, 0.717) is 37.8 Å². The molecule has 126 valence electrons. The summed E-state index contributed by atoms with van der Waals surface area (Å²) in [5, 5.41) is 13.5. The molecular weight excluding hydrogens is 300 g/mol. The smallest absolute Gasteiger partial charge is 0.309 e. The average molecular weight is 322 g/mol. The SMILES string of the molecule is CCCc1nc(N2CCC3(CC2)[C@H](C(=O)O)CC(=O)N3C)no1. The van der Waals surface area contributed by atoms with Crippen molar-refractivity contribution in [2.75, 3.05) is 25.0 Å². The Morgan fingerprint density at radius 3 is 2.74 bits per heavy atom. The Morgan fingerprint density at radius 1 is 1.43 bits per heavy atom. The summed E-state index contributed by atoms with van der Waals surface area (Å²) >= 11 is 0. The number of piperidine rings is 1. The van der Waals surface area contributed by atoms with E-state index in [4.69, 9.17) is 4.52 Å². The predicted octanol–water partition coefficient (Wildman–Crippen LogP) is 0.924. The van der Waals surface area contributed by atoms with Crippen LogP contribution in [-0.4, -0.2) is 57.7 Å². The first-order valence-corrected chi connectivity index (χ1v) is 8.05. The van der Waals surface area contributed by atoms with Crippen molar-refractivity contribution < 1.29 is 19.2 Å². The van der Waals surface area contributed by atoms with Gasteiger partial charge >= 0.3 is 5.97 Å². The molecule has 2 aliphatic rings. The molecule has 1 amide bonds. The molecule has 8 heteroatoms. The molecule has 3 heterocycles. The normalized spacial score (nSPS) is 23.7. The number of aromatic nitrogens is 2. The number of carboxylic acids is 1.